The first-order valence-electron chi connectivity index (χ1n) is 12.3. The topological polar surface area (TPSA) is 176 Å². The Bertz CT molecular complexity index is 1680. The fourth-order valence-electron chi connectivity index (χ4n) is 3.94. The lowest BCUT2D eigenvalue weighted by Crippen LogP contribution is -2.71. The second kappa shape index (κ2) is 13.5. The van der Waals surface area contributed by atoms with Gasteiger partial charge in [-0.1, -0.05) is 40.4 Å². The van der Waals surface area contributed by atoms with Crippen molar-refractivity contribution in [3.05, 3.63) is 63.5 Å². The number of β-lactam (4-membered cyclic amide) rings is 1. The minimum absolute atomic E-state index is 0.202. The first kappa shape index (κ1) is 32.3. The lowest BCUT2D eigenvalue weighted by molar-refractivity contribution is -0.167. The van der Waals surface area contributed by atoms with Crippen LogP contribution in [0.2, 0.25) is 0 Å². The number of thioether (sulfide) groups is 2. The van der Waals surface area contributed by atoms with Crippen molar-refractivity contribution in [2.45, 2.75) is 28.5 Å². The van der Waals surface area contributed by atoms with E-state index < -0.39 is 57.9 Å². The molecule has 13 nitrogen and oxygen atoms in total. The van der Waals surface area contributed by atoms with Gasteiger partial charge in [0.05, 0.1) is 0 Å². The molecular formula is C24H17F4N7O6S4. The largest absolute Gasteiger partial charge is 0.477 e. The van der Waals surface area contributed by atoms with E-state index in [1.807, 2.05) is 0 Å². The normalized spacial score (nSPS) is 18.3. The first-order valence-corrected chi connectivity index (χ1v) is 16.1. The molecule has 5 rings (SSSR count). The second-order valence-electron chi connectivity index (χ2n) is 8.94. The Morgan fingerprint density at radius 3 is 2.62 bits per heavy atom. The van der Waals surface area contributed by atoms with Gasteiger partial charge in [-0.2, -0.15) is 13.2 Å². The Hall–Kier alpha value is -4.08. The van der Waals surface area contributed by atoms with Crippen molar-refractivity contribution in [3.63, 3.8) is 0 Å². The molecule has 0 radical (unpaired) electrons. The molecule has 236 valence electrons. The minimum atomic E-state index is -5.19. The van der Waals surface area contributed by atoms with Gasteiger partial charge in [-0.3, -0.25) is 24.6 Å². The average Bonchev–Trinajstić information content (AvgIpc) is 3.69. The van der Waals surface area contributed by atoms with E-state index in [1.54, 1.807) is 5.32 Å². The second-order valence-corrected chi connectivity index (χ2v) is 13.0. The van der Waals surface area contributed by atoms with Crippen LogP contribution in [0.5, 0.6) is 0 Å². The summed E-state index contributed by atoms with van der Waals surface area (Å²) in [6, 6.07) is 3.95. The monoisotopic (exact) mass is 703 g/mol. The van der Waals surface area contributed by atoms with Crippen LogP contribution < -0.4 is 10.6 Å². The van der Waals surface area contributed by atoms with Crippen LogP contribution in [-0.4, -0.2) is 83.7 Å². The van der Waals surface area contributed by atoms with E-state index in [0.29, 0.717) is 26.8 Å². The molecule has 3 amide bonds. The van der Waals surface area contributed by atoms with Crippen LogP contribution in [0.25, 0.3) is 0 Å². The first-order chi connectivity index (χ1) is 21.4. The Morgan fingerprint density at radius 1 is 1.20 bits per heavy atom. The van der Waals surface area contributed by atoms with E-state index in [-0.39, 0.29) is 29.5 Å². The number of nitrogens with zero attached hydrogens (tertiary/aromatic N) is 5. The Morgan fingerprint density at radius 2 is 1.96 bits per heavy atom. The third-order valence-corrected chi connectivity index (χ3v) is 10.0. The van der Waals surface area contributed by atoms with Crippen LogP contribution in [0.3, 0.4) is 0 Å². The third-order valence-electron chi connectivity index (χ3n) is 5.99. The highest BCUT2D eigenvalue weighted by Gasteiger charge is 2.54. The zero-order valence-corrected chi connectivity index (χ0v) is 25.4. The predicted molar refractivity (Wildman–Crippen MR) is 155 cm³/mol. The molecule has 2 aliphatic rings. The number of oxime groups is 1. The maximum atomic E-state index is 13.4. The maximum absolute atomic E-state index is 13.4. The highest BCUT2D eigenvalue weighted by Crippen LogP contribution is 2.41. The fraction of sp³-hybridized carbons (Fsp3) is 0.250. The summed E-state index contributed by atoms with van der Waals surface area (Å²) in [5, 5.41) is 25.2. The number of halogens is 4. The van der Waals surface area contributed by atoms with Crippen LogP contribution in [0, 0.1) is 5.82 Å². The van der Waals surface area contributed by atoms with Crippen LogP contribution in [0.1, 0.15) is 11.3 Å². The number of carbonyl (C=O) groups is 4. The summed E-state index contributed by atoms with van der Waals surface area (Å²) in [6.45, 7) is -0.238. The molecule has 2 atom stereocenters. The summed E-state index contributed by atoms with van der Waals surface area (Å²) in [7, 11) is 0. The average molecular weight is 704 g/mol. The van der Waals surface area contributed by atoms with E-state index in [1.165, 1.54) is 64.6 Å². The Kier molecular flexibility index (Phi) is 9.70. The molecule has 2 aromatic heterocycles. The molecule has 0 spiro atoms. The summed E-state index contributed by atoms with van der Waals surface area (Å²) in [4.78, 5) is 60.1. The number of benzene rings is 1. The molecular weight excluding hydrogens is 687 g/mol. The Labute approximate surface area is 266 Å². The molecule has 0 bridgehead atoms. The zero-order valence-electron chi connectivity index (χ0n) is 22.1. The van der Waals surface area contributed by atoms with Crippen molar-refractivity contribution in [1.82, 2.24) is 25.4 Å². The number of carboxylic acid groups (broad SMARTS) is 1. The quantitative estimate of drug-likeness (QED) is 0.0880. The minimum Gasteiger partial charge on any atom is -0.477 e. The summed E-state index contributed by atoms with van der Waals surface area (Å²) >= 11 is 4.35. The number of carboxylic acids is 1. The molecule has 1 aromatic carbocycles. The number of aliphatic carboxylic acids is 1. The summed E-state index contributed by atoms with van der Waals surface area (Å²) in [6.07, 6.45) is -5.19. The number of rotatable bonds is 11. The van der Waals surface area contributed by atoms with Gasteiger partial charge in [0, 0.05) is 16.9 Å². The van der Waals surface area contributed by atoms with E-state index in [9.17, 15) is 41.8 Å². The molecule has 1 fully saturated rings. The van der Waals surface area contributed by atoms with Crippen molar-refractivity contribution >= 4 is 80.7 Å². The van der Waals surface area contributed by atoms with Crippen LogP contribution in [0.4, 0.5) is 22.7 Å². The number of amides is 3. The number of thiazole rings is 1. The highest BCUT2D eigenvalue weighted by atomic mass is 32.2. The van der Waals surface area contributed by atoms with Gasteiger partial charge in [-0.15, -0.1) is 33.3 Å². The van der Waals surface area contributed by atoms with E-state index in [0.717, 1.165) is 10.3 Å². The van der Waals surface area contributed by atoms with Crippen LogP contribution in [-0.2, 0) is 30.6 Å². The molecule has 1 saturated heterocycles. The van der Waals surface area contributed by atoms with Gasteiger partial charge in [0.15, 0.2) is 15.2 Å². The van der Waals surface area contributed by atoms with Crippen LogP contribution in [0.15, 0.2) is 55.9 Å². The van der Waals surface area contributed by atoms with Gasteiger partial charge in [-0.05, 0) is 23.3 Å². The Balaban J connectivity index is 1.33. The highest BCUT2D eigenvalue weighted by molar-refractivity contribution is 8.01. The molecule has 45 heavy (non-hydrogen) atoms. The van der Waals surface area contributed by atoms with Gasteiger partial charge >= 0.3 is 18.1 Å². The van der Waals surface area contributed by atoms with E-state index >= 15 is 0 Å². The number of nitrogens with one attached hydrogen (secondary N) is 2. The lowest BCUT2D eigenvalue weighted by Gasteiger charge is -2.49. The number of aromatic nitrogens is 3. The number of alkyl halides is 3. The summed E-state index contributed by atoms with van der Waals surface area (Å²) in [5.41, 5.74) is 1.45. The molecule has 1 unspecified atom stereocenters. The molecule has 21 heteroatoms. The number of fused-ring (bicyclic) bond motifs is 1. The zero-order chi connectivity index (χ0) is 32.3. The molecule has 3 aromatic rings. The number of hydrogen-bond donors (Lipinski definition) is 3. The number of carbonyl (C=O) groups excluding carboxylic acids is 3. The van der Waals surface area contributed by atoms with Crippen molar-refractivity contribution in [1.29, 1.82) is 0 Å². The van der Waals surface area contributed by atoms with Crippen molar-refractivity contribution in [3.8, 4) is 0 Å². The summed E-state index contributed by atoms with van der Waals surface area (Å²) in [5.74, 6) is -5.33. The number of anilines is 1. The third kappa shape index (κ3) is 7.43. The lowest BCUT2D eigenvalue weighted by atomic mass is 10.0. The predicted octanol–water partition coefficient (Wildman–Crippen LogP) is 3.09. The van der Waals surface area contributed by atoms with Gasteiger partial charge in [0.2, 0.25) is 0 Å². The van der Waals surface area contributed by atoms with Crippen molar-refractivity contribution < 1.29 is 46.7 Å². The van der Waals surface area contributed by atoms with Gasteiger partial charge in [0.25, 0.3) is 11.8 Å². The maximum Gasteiger partial charge on any atom is 0.471 e. The SMILES string of the molecule is O=C(O)C1=C(CSc2nncs2)CS[C@H]2C(NC(=O)C(=NOCc3ccc(F)cc3)c3csc(NC(=O)C(F)(F)F)n3)C(=O)N12. The van der Waals surface area contributed by atoms with Gasteiger partial charge in [0.1, 0.15) is 40.7 Å². The van der Waals surface area contributed by atoms with E-state index in [2.05, 4.69) is 25.7 Å². The molecule has 4 heterocycles. The van der Waals surface area contributed by atoms with Crippen LogP contribution >= 0.6 is 46.2 Å². The van der Waals surface area contributed by atoms with Gasteiger partial charge in [-0.25, -0.2) is 14.2 Å². The molecule has 0 saturated carbocycles. The molecule has 0 aliphatic carbocycles. The summed E-state index contributed by atoms with van der Waals surface area (Å²) < 4.78 is 52.0. The smallest absolute Gasteiger partial charge is 0.471 e. The molecule has 3 N–H and O–H groups in total. The molecule has 2 aliphatic heterocycles. The van der Waals surface area contributed by atoms with Crippen molar-refractivity contribution in [2.75, 3.05) is 16.8 Å². The van der Waals surface area contributed by atoms with Gasteiger partial charge < -0.3 is 15.3 Å². The number of hydrogen-bond acceptors (Lipinski definition) is 13. The standard InChI is InChI=1S/C24H17F4N7O6S4/c25-12-3-1-10(2-4-12)5-41-34-14(13-8-43-22(30-13)32-21(40)24(26,27)28)17(36)31-15-18(37)35-16(20(38)39)11(6-42-19(15)35)7-44-23-33-29-9-45-23/h1-4,8-9,15,19H,5-7H2,(H,31,36)(H,38,39)(H,30,32,40)/t15?,19-/m0/s1. The van der Waals surface area contributed by atoms with E-state index in [4.69, 9.17) is 4.84 Å². The fourth-order valence-corrected chi connectivity index (χ4v) is 7.61. The van der Waals surface area contributed by atoms with Crippen molar-refractivity contribution in [2.24, 2.45) is 5.16 Å².